The van der Waals surface area contributed by atoms with E-state index in [9.17, 15) is 0 Å². The summed E-state index contributed by atoms with van der Waals surface area (Å²) < 4.78 is 0. The Morgan fingerprint density at radius 3 is 2.42 bits per heavy atom. The maximum atomic E-state index is 5.48. The van der Waals surface area contributed by atoms with Gasteiger partial charge in [-0.15, -0.1) is 0 Å². The Labute approximate surface area is 151 Å². The minimum atomic E-state index is 0.464. The molecule has 0 radical (unpaired) electrons. The molecule has 2 rings (SSSR count). The molecule has 0 amide bonds. The van der Waals surface area contributed by atoms with Crippen LogP contribution in [0.1, 0.15) is 16.7 Å². The van der Waals surface area contributed by atoms with Gasteiger partial charge in [-0.05, 0) is 48.8 Å². The zero-order chi connectivity index (χ0) is 17.5. The lowest BCUT2D eigenvalue weighted by molar-refractivity contribution is -0.884. The molecule has 2 aromatic rings. The normalized spacial score (nSPS) is 12.0. The van der Waals surface area contributed by atoms with Gasteiger partial charge in [0.2, 0.25) is 0 Å². The van der Waals surface area contributed by atoms with E-state index in [0.29, 0.717) is 11.2 Å². The minimum Gasteiger partial charge on any atom is -0.356 e. The van der Waals surface area contributed by atoms with Crippen LogP contribution in [-0.2, 0) is 6.42 Å². The van der Waals surface area contributed by atoms with Gasteiger partial charge in [0.05, 0.1) is 20.6 Å². The summed E-state index contributed by atoms with van der Waals surface area (Å²) in [5, 5.41) is 7.38. The van der Waals surface area contributed by atoms with Crippen LogP contribution in [0.25, 0.3) is 0 Å². The molecule has 128 valence electrons. The number of rotatable bonds is 6. The average Bonchev–Trinajstić information content (AvgIpc) is 2.56. The Bertz CT molecular complexity index is 668. The summed E-state index contributed by atoms with van der Waals surface area (Å²) in [7, 11) is 4.38. The summed E-state index contributed by atoms with van der Waals surface area (Å²) in [6.45, 7) is 5.07. The number of hydrogen-bond donors (Lipinski definition) is 3. The van der Waals surface area contributed by atoms with Crippen molar-refractivity contribution in [1.29, 1.82) is 0 Å². The van der Waals surface area contributed by atoms with Gasteiger partial charge in [0.1, 0.15) is 6.04 Å². The smallest absolute Gasteiger partial charge is 0.171 e. The molecule has 0 aromatic heterocycles. The molecule has 1 atom stereocenters. The molecule has 0 aliphatic heterocycles. The van der Waals surface area contributed by atoms with Crippen LogP contribution < -0.4 is 15.5 Å². The van der Waals surface area contributed by atoms with Crippen LogP contribution in [0.2, 0.25) is 0 Å². The quantitative estimate of drug-likeness (QED) is 0.704. The highest BCUT2D eigenvalue weighted by atomic mass is 32.1. The van der Waals surface area contributed by atoms with Crippen LogP contribution in [0.4, 0.5) is 5.69 Å². The lowest BCUT2D eigenvalue weighted by Gasteiger charge is -2.23. The number of anilines is 1. The van der Waals surface area contributed by atoms with Gasteiger partial charge in [0.15, 0.2) is 5.11 Å². The van der Waals surface area contributed by atoms with Crippen molar-refractivity contribution in [2.75, 3.05) is 26.0 Å². The van der Waals surface area contributed by atoms with E-state index in [4.69, 9.17) is 12.2 Å². The molecular formula is C20H28N3S+. The fourth-order valence-electron chi connectivity index (χ4n) is 2.65. The zero-order valence-electron chi connectivity index (χ0n) is 15.0. The van der Waals surface area contributed by atoms with Crippen LogP contribution in [0.15, 0.2) is 48.5 Å². The number of benzene rings is 2. The van der Waals surface area contributed by atoms with Crippen molar-refractivity contribution in [1.82, 2.24) is 5.32 Å². The third-order valence-corrected chi connectivity index (χ3v) is 4.75. The molecule has 0 fully saturated rings. The fourth-order valence-corrected chi connectivity index (χ4v) is 2.84. The lowest BCUT2D eigenvalue weighted by atomic mass is 10.1. The van der Waals surface area contributed by atoms with Gasteiger partial charge in [0, 0.05) is 12.1 Å². The largest absolute Gasteiger partial charge is 0.356 e. The summed E-state index contributed by atoms with van der Waals surface area (Å²) in [5.74, 6) is 0. The summed E-state index contributed by atoms with van der Waals surface area (Å²) >= 11 is 5.48. The molecule has 0 unspecified atom stereocenters. The maximum Gasteiger partial charge on any atom is 0.171 e. The SMILES string of the molecule is Cc1cccc(NC(=S)NC[C@@H](Cc2ccccc2)[NH+](C)C)c1C. The monoisotopic (exact) mass is 342 g/mol. The van der Waals surface area contributed by atoms with Crippen molar-refractivity contribution in [3.05, 3.63) is 65.2 Å². The Morgan fingerprint density at radius 2 is 1.75 bits per heavy atom. The van der Waals surface area contributed by atoms with Gasteiger partial charge in [-0.25, -0.2) is 0 Å². The van der Waals surface area contributed by atoms with Crippen molar-refractivity contribution in [2.24, 2.45) is 0 Å². The summed E-state index contributed by atoms with van der Waals surface area (Å²) in [5.41, 5.74) is 4.94. The minimum absolute atomic E-state index is 0.464. The number of quaternary nitrogens is 1. The van der Waals surface area contributed by atoms with Gasteiger partial charge in [-0.3, -0.25) is 0 Å². The van der Waals surface area contributed by atoms with Gasteiger partial charge in [-0.2, -0.15) is 0 Å². The van der Waals surface area contributed by atoms with E-state index in [1.165, 1.54) is 21.6 Å². The highest BCUT2D eigenvalue weighted by molar-refractivity contribution is 7.80. The maximum absolute atomic E-state index is 5.48. The molecule has 24 heavy (non-hydrogen) atoms. The van der Waals surface area contributed by atoms with Crippen LogP contribution in [0.3, 0.4) is 0 Å². The van der Waals surface area contributed by atoms with Crippen LogP contribution in [-0.4, -0.2) is 31.8 Å². The zero-order valence-corrected chi connectivity index (χ0v) is 15.8. The third kappa shape index (κ3) is 5.32. The number of hydrogen-bond acceptors (Lipinski definition) is 1. The molecule has 3 N–H and O–H groups in total. The first kappa shape index (κ1) is 18.4. The highest BCUT2D eigenvalue weighted by Gasteiger charge is 2.16. The first-order chi connectivity index (χ1) is 11.5. The Balaban J connectivity index is 1.91. The van der Waals surface area contributed by atoms with E-state index >= 15 is 0 Å². The number of nitrogens with one attached hydrogen (secondary N) is 3. The topological polar surface area (TPSA) is 28.5 Å². The van der Waals surface area contributed by atoms with Crippen molar-refractivity contribution < 1.29 is 4.90 Å². The average molecular weight is 343 g/mol. The predicted octanol–water partition coefficient (Wildman–Crippen LogP) is 2.35. The van der Waals surface area contributed by atoms with Gasteiger partial charge < -0.3 is 15.5 Å². The molecule has 0 spiro atoms. The van der Waals surface area contributed by atoms with Gasteiger partial charge >= 0.3 is 0 Å². The Morgan fingerprint density at radius 1 is 1.04 bits per heavy atom. The van der Waals surface area contributed by atoms with Crippen LogP contribution >= 0.6 is 12.2 Å². The summed E-state index contributed by atoms with van der Waals surface area (Å²) in [6, 6.07) is 17.3. The lowest BCUT2D eigenvalue weighted by Crippen LogP contribution is -3.11. The first-order valence-electron chi connectivity index (χ1n) is 8.42. The third-order valence-electron chi connectivity index (χ3n) is 4.50. The molecule has 0 saturated carbocycles. The van der Waals surface area contributed by atoms with E-state index in [2.05, 4.69) is 87.1 Å². The van der Waals surface area contributed by atoms with Crippen molar-refractivity contribution in [3.63, 3.8) is 0 Å². The first-order valence-corrected chi connectivity index (χ1v) is 8.83. The number of thiocarbonyl (C=S) groups is 1. The van der Waals surface area contributed by atoms with Crippen molar-refractivity contribution >= 4 is 23.0 Å². The highest BCUT2D eigenvalue weighted by Crippen LogP contribution is 2.17. The number of likely N-dealkylation sites (N-methyl/N-ethyl adjacent to an activating group) is 1. The second kappa shape index (κ2) is 8.81. The molecular weight excluding hydrogens is 314 g/mol. The molecule has 2 aromatic carbocycles. The van der Waals surface area contributed by atoms with Crippen LogP contribution in [0.5, 0.6) is 0 Å². The molecule has 0 aliphatic carbocycles. The van der Waals surface area contributed by atoms with E-state index in [1.807, 2.05) is 0 Å². The summed E-state index contributed by atoms with van der Waals surface area (Å²) in [6.07, 6.45) is 1.03. The molecule has 0 heterocycles. The van der Waals surface area contributed by atoms with E-state index < -0.39 is 0 Å². The molecule has 0 bridgehead atoms. The Hall–Kier alpha value is -1.91. The second-order valence-electron chi connectivity index (χ2n) is 6.55. The van der Waals surface area contributed by atoms with E-state index in [1.54, 1.807) is 0 Å². The molecule has 3 nitrogen and oxygen atoms in total. The number of aryl methyl sites for hydroxylation is 1. The van der Waals surface area contributed by atoms with Crippen molar-refractivity contribution in [3.8, 4) is 0 Å². The Kier molecular flexibility index (Phi) is 6.76. The molecule has 0 aliphatic rings. The van der Waals surface area contributed by atoms with E-state index in [0.717, 1.165) is 18.7 Å². The van der Waals surface area contributed by atoms with Crippen molar-refractivity contribution in [2.45, 2.75) is 26.3 Å². The fraction of sp³-hybridized carbons (Fsp3) is 0.350. The van der Waals surface area contributed by atoms with Gasteiger partial charge in [-0.1, -0.05) is 42.5 Å². The van der Waals surface area contributed by atoms with E-state index in [-0.39, 0.29) is 0 Å². The molecule has 4 heteroatoms. The predicted molar refractivity (Wildman–Crippen MR) is 107 cm³/mol. The van der Waals surface area contributed by atoms with Gasteiger partial charge in [0.25, 0.3) is 0 Å². The molecule has 0 saturated heterocycles. The summed E-state index contributed by atoms with van der Waals surface area (Å²) in [4.78, 5) is 1.42. The standard InChI is InChI=1S/C20H27N3S/c1-15-9-8-12-19(16(15)2)22-20(24)21-14-18(23(3)4)13-17-10-6-5-7-11-17/h5-12,18H,13-14H2,1-4H3,(H2,21,22,24)/p+1/t18-/m1/s1. The second-order valence-corrected chi connectivity index (χ2v) is 6.95. The van der Waals surface area contributed by atoms with Crippen LogP contribution in [0, 0.1) is 13.8 Å².